The van der Waals surface area contributed by atoms with Crippen LogP contribution in [0.3, 0.4) is 0 Å². The topological polar surface area (TPSA) is 90.2 Å². The van der Waals surface area contributed by atoms with Crippen molar-refractivity contribution >= 4 is 46.2 Å². The maximum absolute atomic E-state index is 6.08. The lowest BCUT2D eigenvalue weighted by Crippen LogP contribution is -2.00. The first-order valence-corrected chi connectivity index (χ1v) is 6.62. The van der Waals surface area contributed by atoms with E-state index < -0.39 is 0 Å². The minimum absolute atomic E-state index is 0.160. The molecule has 2 aromatic carbocycles. The number of nitrogens with zero attached hydrogens (tertiary/aromatic N) is 3. The van der Waals surface area contributed by atoms with Crippen LogP contribution in [-0.2, 0) is 0 Å². The van der Waals surface area contributed by atoms with E-state index >= 15 is 0 Å². The SMILES string of the molecule is Nc1nc(N)c2cc(N=Cc3ccccc3Cl)ccc2n1. The van der Waals surface area contributed by atoms with Gasteiger partial charge in [0.25, 0.3) is 0 Å². The van der Waals surface area contributed by atoms with Crippen LogP contribution in [0.5, 0.6) is 0 Å². The van der Waals surface area contributed by atoms with E-state index in [0.29, 0.717) is 16.4 Å². The lowest BCUT2D eigenvalue weighted by molar-refractivity contribution is 1.24. The van der Waals surface area contributed by atoms with Gasteiger partial charge < -0.3 is 11.5 Å². The molecule has 104 valence electrons. The summed E-state index contributed by atoms with van der Waals surface area (Å²) in [4.78, 5) is 12.5. The number of halogens is 1. The number of fused-ring (bicyclic) bond motifs is 1. The highest BCUT2D eigenvalue weighted by atomic mass is 35.5. The second-order valence-electron chi connectivity index (χ2n) is 4.45. The van der Waals surface area contributed by atoms with Crippen molar-refractivity contribution < 1.29 is 0 Å². The second-order valence-corrected chi connectivity index (χ2v) is 4.86. The van der Waals surface area contributed by atoms with E-state index in [2.05, 4.69) is 15.0 Å². The zero-order valence-electron chi connectivity index (χ0n) is 11.0. The zero-order chi connectivity index (χ0) is 14.8. The summed E-state index contributed by atoms with van der Waals surface area (Å²) < 4.78 is 0. The molecule has 21 heavy (non-hydrogen) atoms. The molecular formula is C15H12ClN5. The average molecular weight is 298 g/mol. The standard InChI is InChI=1S/C15H12ClN5/c16-12-4-2-1-3-9(12)8-19-10-5-6-13-11(7-10)14(17)21-15(18)20-13/h1-8H,(H4,17,18,20,21). The van der Waals surface area contributed by atoms with Crippen molar-refractivity contribution in [3.63, 3.8) is 0 Å². The van der Waals surface area contributed by atoms with Crippen LogP contribution in [0.2, 0.25) is 5.02 Å². The van der Waals surface area contributed by atoms with Crippen LogP contribution >= 0.6 is 11.6 Å². The van der Waals surface area contributed by atoms with Gasteiger partial charge in [0.15, 0.2) is 0 Å². The maximum atomic E-state index is 6.08. The highest BCUT2D eigenvalue weighted by Crippen LogP contribution is 2.24. The quantitative estimate of drug-likeness (QED) is 0.711. The fourth-order valence-electron chi connectivity index (χ4n) is 1.96. The van der Waals surface area contributed by atoms with Crippen LogP contribution in [-0.4, -0.2) is 16.2 Å². The van der Waals surface area contributed by atoms with E-state index in [1.54, 1.807) is 6.21 Å². The third-order valence-electron chi connectivity index (χ3n) is 2.98. The van der Waals surface area contributed by atoms with Crippen molar-refractivity contribution in [2.75, 3.05) is 11.5 Å². The van der Waals surface area contributed by atoms with Crippen molar-refractivity contribution in [3.05, 3.63) is 53.1 Å². The number of nitrogens with two attached hydrogens (primary N) is 2. The number of aliphatic imine (C=N–C) groups is 1. The third-order valence-corrected chi connectivity index (χ3v) is 3.33. The molecule has 0 bridgehead atoms. The molecule has 1 aromatic heterocycles. The Morgan fingerprint density at radius 2 is 1.86 bits per heavy atom. The molecule has 0 saturated carbocycles. The summed E-state index contributed by atoms with van der Waals surface area (Å²) >= 11 is 6.08. The Bertz CT molecular complexity index is 845. The summed E-state index contributed by atoms with van der Waals surface area (Å²) in [7, 11) is 0. The lowest BCUT2D eigenvalue weighted by Gasteiger charge is -2.03. The smallest absolute Gasteiger partial charge is 0.222 e. The Morgan fingerprint density at radius 3 is 2.67 bits per heavy atom. The molecule has 6 heteroatoms. The molecule has 0 fully saturated rings. The van der Waals surface area contributed by atoms with Crippen LogP contribution in [0.4, 0.5) is 17.5 Å². The molecule has 0 saturated heterocycles. The van der Waals surface area contributed by atoms with E-state index in [0.717, 1.165) is 16.6 Å². The summed E-state index contributed by atoms with van der Waals surface area (Å²) in [5.74, 6) is 0.500. The first-order chi connectivity index (χ1) is 10.1. The van der Waals surface area contributed by atoms with Gasteiger partial charge in [-0.15, -0.1) is 0 Å². The summed E-state index contributed by atoms with van der Waals surface area (Å²) in [6.45, 7) is 0. The van der Waals surface area contributed by atoms with Gasteiger partial charge in [0.1, 0.15) is 5.82 Å². The Balaban J connectivity index is 2.00. The van der Waals surface area contributed by atoms with E-state index in [1.807, 2.05) is 42.5 Å². The maximum Gasteiger partial charge on any atom is 0.222 e. The number of aromatic nitrogens is 2. The number of hydrogen-bond donors (Lipinski definition) is 2. The van der Waals surface area contributed by atoms with Gasteiger partial charge in [-0.2, -0.15) is 4.98 Å². The minimum Gasteiger partial charge on any atom is -0.383 e. The molecule has 0 aliphatic rings. The molecule has 3 rings (SSSR count). The molecule has 0 spiro atoms. The fraction of sp³-hybridized carbons (Fsp3) is 0. The number of nitrogen functional groups attached to an aromatic ring is 2. The largest absolute Gasteiger partial charge is 0.383 e. The van der Waals surface area contributed by atoms with Gasteiger partial charge >= 0.3 is 0 Å². The van der Waals surface area contributed by atoms with Crippen LogP contribution in [0.1, 0.15) is 5.56 Å². The van der Waals surface area contributed by atoms with Crippen molar-refractivity contribution in [2.45, 2.75) is 0 Å². The normalized spacial score (nSPS) is 11.3. The van der Waals surface area contributed by atoms with Gasteiger partial charge in [0, 0.05) is 22.2 Å². The van der Waals surface area contributed by atoms with E-state index in [9.17, 15) is 0 Å². The average Bonchev–Trinajstić information content (AvgIpc) is 2.46. The van der Waals surface area contributed by atoms with Gasteiger partial charge in [-0.3, -0.25) is 4.99 Å². The Kier molecular flexibility index (Phi) is 3.41. The van der Waals surface area contributed by atoms with Crippen LogP contribution in [0.25, 0.3) is 10.9 Å². The molecule has 1 heterocycles. The monoisotopic (exact) mass is 297 g/mol. The predicted octanol–water partition coefficient (Wildman–Crippen LogP) is 3.20. The highest BCUT2D eigenvalue weighted by Gasteiger charge is 2.04. The van der Waals surface area contributed by atoms with Gasteiger partial charge in [0.2, 0.25) is 5.95 Å². The van der Waals surface area contributed by atoms with Crippen LogP contribution in [0.15, 0.2) is 47.5 Å². The first kappa shape index (κ1) is 13.3. The number of benzene rings is 2. The molecule has 0 aliphatic heterocycles. The fourth-order valence-corrected chi connectivity index (χ4v) is 2.15. The Hall–Kier alpha value is -2.66. The van der Waals surface area contributed by atoms with Gasteiger partial charge in [0.05, 0.1) is 11.2 Å². The molecule has 0 aliphatic carbocycles. The molecule has 0 unspecified atom stereocenters. The third kappa shape index (κ3) is 2.78. The van der Waals surface area contributed by atoms with Gasteiger partial charge in [-0.05, 0) is 24.3 Å². The van der Waals surface area contributed by atoms with Gasteiger partial charge in [-0.25, -0.2) is 4.98 Å². The highest BCUT2D eigenvalue weighted by molar-refractivity contribution is 6.33. The second kappa shape index (κ2) is 5.38. The zero-order valence-corrected chi connectivity index (χ0v) is 11.7. The van der Waals surface area contributed by atoms with Crippen molar-refractivity contribution in [1.29, 1.82) is 0 Å². The Labute approximate surface area is 126 Å². The first-order valence-electron chi connectivity index (χ1n) is 6.25. The number of rotatable bonds is 2. The predicted molar refractivity (Wildman–Crippen MR) is 87.1 cm³/mol. The van der Waals surface area contributed by atoms with Crippen molar-refractivity contribution in [2.24, 2.45) is 4.99 Å². The van der Waals surface area contributed by atoms with E-state index in [4.69, 9.17) is 23.1 Å². The molecule has 0 radical (unpaired) electrons. The van der Waals surface area contributed by atoms with Crippen molar-refractivity contribution in [3.8, 4) is 0 Å². The lowest BCUT2D eigenvalue weighted by atomic mass is 10.2. The molecule has 4 N–H and O–H groups in total. The molecule has 5 nitrogen and oxygen atoms in total. The summed E-state index contributed by atoms with van der Waals surface area (Å²) in [6.07, 6.45) is 1.71. The molecule has 3 aromatic rings. The summed E-state index contributed by atoms with van der Waals surface area (Å²) in [6, 6.07) is 12.9. The molecular weight excluding hydrogens is 286 g/mol. The van der Waals surface area contributed by atoms with Gasteiger partial charge in [-0.1, -0.05) is 29.8 Å². The van der Waals surface area contributed by atoms with Crippen molar-refractivity contribution in [1.82, 2.24) is 9.97 Å². The molecule has 0 amide bonds. The minimum atomic E-state index is 0.160. The number of anilines is 2. The number of hydrogen-bond acceptors (Lipinski definition) is 5. The summed E-state index contributed by atoms with van der Waals surface area (Å²) in [5.41, 5.74) is 13.7. The Morgan fingerprint density at radius 1 is 1.05 bits per heavy atom. The van der Waals surface area contributed by atoms with Crippen LogP contribution < -0.4 is 11.5 Å². The van der Waals surface area contributed by atoms with Crippen LogP contribution in [0, 0.1) is 0 Å². The summed E-state index contributed by atoms with van der Waals surface area (Å²) in [5, 5.41) is 1.37. The van der Waals surface area contributed by atoms with E-state index in [-0.39, 0.29) is 5.95 Å². The molecule has 0 atom stereocenters. The van der Waals surface area contributed by atoms with E-state index in [1.165, 1.54) is 0 Å².